The first-order chi connectivity index (χ1) is 9.08. The number of rotatable bonds is 4. The maximum Gasteiger partial charge on any atom is 0.288 e. The monoisotopic (exact) mass is 284 g/mol. The minimum Gasteiger partial charge on any atom is -0.352 e. The molecule has 1 fully saturated rings. The van der Waals surface area contributed by atoms with E-state index < -0.39 is 10.8 Å². The number of nitro groups is 1. The topological polar surface area (TPSA) is 97.2 Å². The molecule has 1 amide bonds. The fourth-order valence-electron chi connectivity index (χ4n) is 1.92. The van der Waals surface area contributed by atoms with Gasteiger partial charge in [-0.2, -0.15) is 0 Å². The predicted octanol–water partition coefficient (Wildman–Crippen LogP) is 0.982. The van der Waals surface area contributed by atoms with E-state index in [9.17, 15) is 14.9 Å². The Bertz CT molecular complexity index is 503. The van der Waals surface area contributed by atoms with E-state index in [4.69, 9.17) is 11.6 Å². The number of hydrogen-bond acceptors (Lipinski definition) is 5. The van der Waals surface area contributed by atoms with Crippen LogP contribution in [0.25, 0.3) is 0 Å². The van der Waals surface area contributed by atoms with Gasteiger partial charge in [-0.3, -0.25) is 14.9 Å². The fourth-order valence-corrected chi connectivity index (χ4v) is 2.11. The molecule has 0 saturated carbocycles. The Kier molecular flexibility index (Phi) is 4.28. The number of halogens is 1. The Morgan fingerprint density at radius 2 is 2.47 bits per heavy atom. The van der Waals surface area contributed by atoms with Gasteiger partial charge in [-0.15, -0.1) is 0 Å². The van der Waals surface area contributed by atoms with Crippen LogP contribution in [0.4, 0.5) is 5.69 Å². The molecule has 7 nitrogen and oxygen atoms in total. The van der Waals surface area contributed by atoms with E-state index in [1.54, 1.807) is 0 Å². The number of nitrogens with zero attached hydrogens (tertiary/aromatic N) is 2. The second-order valence-corrected chi connectivity index (χ2v) is 4.72. The van der Waals surface area contributed by atoms with E-state index in [0.29, 0.717) is 12.5 Å². The van der Waals surface area contributed by atoms with Gasteiger partial charge >= 0.3 is 0 Å². The minimum absolute atomic E-state index is 0.0295. The minimum atomic E-state index is -0.610. The SMILES string of the molecule is O=C(NCC1CCNC1)c1cc([N+](=O)[O-])cnc1Cl. The third kappa shape index (κ3) is 3.39. The van der Waals surface area contributed by atoms with Crippen molar-refractivity contribution in [2.24, 2.45) is 5.92 Å². The van der Waals surface area contributed by atoms with Gasteiger partial charge in [-0.1, -0.05) is 11.6 Å². The second-order valence-electron chi connectivity index (χ2n) is 4.36. The molecule has 2 rings (SSSR count). The van der Waals surface area contributed by atoms with Gasteiger partial charge in [0.1, 0.15) is 11.3 Å². The predicted molar refractivity (Wildman–Crippen MR) is 69.2 cm³/mol. The highest BCUT2D eigenvalue weighted by atomic mass is 35.5. The largest absolute Gasteiger partial charge is 0.352 e. The first kappa shape index (κ1) is 13.7. The lowest BCUT2D eigenvalue weighted by molar-refractivity contribution is -0.385. The molecule has 1 aliphatic rings. The molecule has 102 valence electrons. The van der Waals surface area contributed by atoms with Crippen molar-refractivity contribution in [1.29, 1.82) is 0 Å². The third-order valence-electron chi connectivity index (χ3n) is 2.99. The molecule has 0 aliphatic carbocycles. The number of carbonyl (C=O) groups is 1. The van der Waals surface area contributed by atoms with Crippen molar-refractivity contribution in [2.45, 2.75) is 6.42 Å². The third-order valence-corrected chi connectivity index (χ3v) is 3.29. The van der Waals surface area contributed by atoms with Crippen molar-refractivity contribution in [3.05, 3.63) is 33.1 Å². The Morgan fingerprint density at radius 1 is 1.68 bits per heavy atom. The molecule has 2 N–H and O–H groups in total. The summed E-state index contributed by atoms with van der Waals surface area (Å²) in [5.74, 6) is -0.0533. The van der Waals surface area contributed by atoms with Crippen LogP contribution in [-0.2, 0) is 0 Å². The lowest BCUT2D eigenvalue weighted by atomic mass is 10.1. The smallest absolute Gasteiger partial charge is 0.288 e. The maximum atomic E-state index is 11.9. The Labute approximate surface area is 114 Å². The average Bonchev–Trinajstić information content (AvgIpc) is 2.89. The van der Waals surface area contributed by atoms with Crippen LogP contribution in [0.1, 0.15) is 16.8 Å². The Balaban J connectivity index is 2.04. The van der Waals surface area contributed by atoms with Crippen LogP contribution < -0.4 is 10.6 Å². The van der Waals surface area contributed by atoms with E-state index in [0.717, 1.165) is 31.8 Å². The first-order valence-corrected chi connectivity index (χ1v) is 6.24. The van der Waals surface area contributed by atoms with Gasteiger partial charge in [-0.05, 0) is 25.4 Å². The first-order valence-electron chi connectivity index (χ1n) is 5.87. The zero-order valence-corrected chi connectivity index (χ0v) is 10.8. The molecule has 19 heavy (non-hydrogen) atoms. The molecule has 1 unspecified atom stereocenters. The summed E-state index contributed by atoms with van der Waals surface area (Å²) in [5.41, 5.74) is -0.223. The van der Waals surface area contributed by atoms with Gasteiger partial charge in [0.15, 0.2) is 0 Å². The second kappa shape index (κ2) is 5.94. The van der Waals surface area contributed by atoms with Crippen molar-refractivity contribution in [3.63, 3.8) is 0 Å². The zero-order valence-electron chi connectivity index (χ0n) is 10.1. The van der Waals surface area contributed by atoms with Gasteiger partial charge in [-0.25, -0.2) is 4.98 Å². The molecule has 1 aliphatic heterocycles. The highest BCUT2D eigenvalue weighted by Gasteiger charge is 2.19. The lowest BCUT2D eigenvalue weighted by Gasteiger charge is -2.10. The molecule has 1 aromatic heterocycles. The fraction of sp³-hybridized carbons (Fsp3) is 0.455. The normalized spacial score (nSPS) is 18.3. The molecule has 0 bridgehead atoms. The zero-order chi connectivity index (χ0) is 13.8. The molecule has 0 spiro atoms. The van der Waals surface area contributed by atoms with E-state index in [2.05, 4.69) is 15.6 Å². The molecule has 1 aromatic rings. The van der Waals surface area contributed by atoms with Crippen molar-refractivity contribution < 1.29 is 9.72 Å². The van der Waals surface area contributed by atoms with Gasteiger partial charge in [0.2, 0.25) is 0 Å². The highest BCUT2D eigenvalue weighted by Crippen LogP contribution is 2.19. The van der Waals surface area contributed by atoms with Gasteiger partial charge < -0.3 is 10.6 Å². The summed E-state index contributed by atoms with van der Waals surface area (Å²) in [7, 11) is 0. The summed E-state index contributed by atoms with van der Waals surface area (Å²) in [6, 6.07) is 1.14. The van der Waals surface area contributed by atoms with E-state index in [1.165, 1.54) is 0 Å². The molecule has 0 radical (unpaired) electrons. The number of nitrogens with one attached hydrogen (secondary N) is 2. The van der Waals surface area contributed by atoms with Crippen LogP contribution in [0.5, 0.6) is 0 Å². The lowest BCUT2D eigenvalue weighted by Crippen LogP contribution is -2.30. The van der Waals surface area contributed by atoms with Crippen LogP contribution in [-0.4, -0.2) is 35.4 Å². The summed E-state index contributed by atoms with van der Waals surface area (Å²) >= 11 is 5.78. The van der Waals surface area contributed by atoms with Crippen molar-refractivity contribution in [1.82, 2.24) is 15.6 Å². The molecule has 2 heterocycles. The van der Waals surface area contributed by atoms with Crippen molar-refractivity contribution in [3.8, 4) is 0 Å². The summed E-state index contributed by atoms with van der Waals surface area (Å²) in [5, 5.41) is 16.5. The molecular weight excluding hydrogens is 272 g/mol. The molecule has 0 aromatic carbocycles. The van der Waals surface area contributed by atoms with Crippen molar-refractivity contribution >= 4 is 23.2 Å². The number of carbonyl (C=O) groups excluding carboxylic acids is 1. The van der Waals surface area contributed by atoms with Gasteiger partial charge in [0.25, 0.3) is 11.6 Å². The summed E-state index contributed by atoms with van der Waals surface area (Å²) in [4.78, 5) is 25.6. The standard InChI is InChI=1S/C11H13ClN4O3/c12-10-9(3-8(6-14-10)16(18)19)11(17)15-5-7-1-2-13-4-7/h3,6-7,13H,1-2,4-5H2,(H,15,17). The van der Waals surface area contributed by atoms with Crippen LogP contribution >= 0.6 is 11.6 Å². The van der Waals surface area contributed by atoms with Crippen LogP contribution in [0.3, 0.4) is 0 Å². The van der Waals surface area contributed by atoms with Crippen LogP contribution in [0.2, 0.25) is 5.15 Å². The van der Waals surface area contributed by atoms with Gasteiger partial charge in [0.05, 0.1) is 10.5 Å². The number of hydrogen-bond donors (Lipinski definition) is 2. The molecule has 1 saturated heterocycles. The van der Waals surface area contributed by atoms with Crippen LogP contribution in [0, 0.1) is 16.0 Å². The molecule has 8 heteroatoms. The van der Waals surface area contributed by atoms with E-state index in [1.807, 2.05) is 0 Å². The summed E-state index contributed by atoms with van der Waals surface area (Å²) in [6.07, 6.45) is 2.03. The number of aromatic nitrogens is 1. The van der Waals surface area contributed by atoms with Gasteiger partial charge in [0, 0.05) is 12.6 Å². The summed E-state index contributed by atoms with van der Waals surface area (Å²) < 4.78 is 0. The summed E-state index contributed by atoms with van der Waals surface area (Å²) in [6.45, 7) is 2.33. The van der Waals surface area contributed by atoms with E-state index >= 15 is 0 Å². The van der Waals surface area contributed by atoms with Crippen LogP contribution in [0.15, 0.2) is 12.3 Å². The van der Waals surface area contributed by atoms with Crippen molar-refractivity contribution in [2.75, 3.05) is 19.6 Å². The Hall–Kier alpha value is -1.73. The maximum absolute atomic E-state index is 11.9. The molecular formula is C11H13ClN4O3. The quantitative estimate of drug-likeness (QED) is 0.488. The number of pyridine rings is 1. The highest BCUT2D eigenvalue weighted by molar-refractivity contribution is 6.32. The average molecular weight is 285 g/mol. The van der Waals surface area contributed by atoms with E-state index in [-0.39, 0.29) is 16.4 Å². The number of amides is 1. The molecule has 1 atom stereocenters. The Morgan fingerprint density at radius 3 is 3.11 bits per heavy atom.